The summed E-state index contributed by atoms with van der Waals surface area (Å²) in [4.78, 5) is 0. The molecular formula is C17H26O2. The third-order valence-corrected chi connectivity index (χ3v) is 4.05. The summed E-state index contributed by atoms with van der Waals surface area (Å²) < 4.78 is 5.82. The monoisotopic (exact) mass is 262 g/mol. The molecule has 1 saturated carbocycles. The van der Waals surface area contributed by atoms with Crippen LogP contribution in [0.3, 0.4) is 0 Å². The Morgan fingerprint density at radius 3 is 2.58 bits per heavy atom. The Kier molecular flexibility index (Phi) is 5.26. The largest absolute Gasteiger partial charge is 0.491 e. The summed E-state index contributed by atoms with van der Waals surface area (Å²) in [7, 11) is 0. The molecule has 0 aromatic heterocycles. The molecular weight excluding hydrogens is 236 g/mol. The maximum absolute atomic E-state index is 10.1. The molecule has 0 heterocycles. The molecule has 2 rings (SSSR count). The average molecular weight is 262 g/mol. The average Bonchev–Trinajstić information content (AvgIpc) is 2.89. The number of ether oxygens (including phenoxy) is 1. The zero-order chi connectivity index (χ0) is 13.7. The first-order chi connectivity index (χ1) is 9.16. The zero-order valence-electron chi connectivity index (χ0n) is 12.1. The van der Waals surface area contributed by atoms with Gasteiger partial charge in [-0.3, -0.25) is 0 Å². The Balaban J connectivity index is 1.84. The van der Waals surface area contributed by atoms with Crippen molar-refractivity contribution in [2.45, 2.75) is 58.0 Å². The molecule has 0 aliphatic heterocycles. The Bertz CT molecular complexity index is 381. The van der Waals surface area contributed by atoms with Gasteiger partial charge in [-0.2, -0.15) is 0 Å². The van der Waals surface area contributed by atoms with Crippen LogP contribution in [0.2, 0.25) is 0 Å². The van der Waals surface area contributed by atoms with Crippen molar-refractivity contribution in [3.8, 4) is 5.75 Å². The lowest BCUT2D eigenvalue weighted by atomic mass is 10.0. The van der Waals surface area contributed by atoms with Gasteiger partial charge in [0.25, 0.3) is 0 Å². The van der Waals surface area contributed by atoms with Gasteiger partial charge >= 0.3 is 0 Å². The van der Waals surface area contributed by atoms with Gasteiger partial charge in [0, 0.05) is 0 Å². The van der Waals surface area contributed by atoms with E-state index in [2.05, 4.69) is 19.9 Å². The zero-order valence-corrected chi connectivity index (χ0v) is 12.1. The highest BCUT2D eigenvalue weighted by molar-refractivity contribution is 5.35. The Labute approximate surface area is 116 Å². The fourth-order valence-electron chi connectivity index (χ4n) is 2.97. The van der Waals surface area contributed by atoms with Crippen molar-refractivity contribution in [1.29, 1.82) is 0 Å². The van der Waals surface area contributed by atoms with Crippen molar-refractivity contribution in [3.63, 3.8) is 0 Å². The van der Waals surface area contributed by atoms with Crippen molar-refractivity contribution in [2.24, 2.45) is 5.92 Å². The second-order valence-corrected chi connectivity index (χ2v) is 6.04. The molecule has 2 nitrogen and oxygen atoms in total. The molecule has 0 spiro atoms. The molecule has 1 atom stereocenters. The molecule has 1 unspecified atom stereocenters. The van der Waals surface area contributed by atoms with Crippen LogP contribution in [0.4, 0.5) is 0 Å². The van der Waals surface area contributed by atoms with E-state index in [1.807, 2.05) is 18.2 Å². The summed E-state index contributed by atoms with van der Waals surface area (Å²) in [6.45, 7) is 4.74. The van der Waals surface area contributed by atoms with Crippen LogP contribution in [0, 0.1) is 5.92 Å². The predicted molar refractivity (Wildman–Crippen MR) is 78.6 cm³/mol. The van der Waals surface area contributed by atoms with E-state index in [9.17, 15) is 5.11 Å². The minimum atomic E-state index is -0.330. The minimum absolute atomic E-state index is 0.330. The van der Waals surface area contributed by atoms with Crippen LogP contribution < -0.4 is 4.74 Å². The predicted octanol–water partition coefficient (Wildman–Crippen LogP) is 4.13. The number of hydrogen-bond donors (Lipinski definition) is 1. The highest BCUT2D eigenvalue weighted by Crippen LogP contribution is 2.29. The Morgan fingerprint density at radius 2 is 1.89 bits per heavy atom. The summed E-state index contributed by atoms with van der Waals surface area (Å²) in [6.07, 6.45) is 5.77. The molecule has 1 aromatic carbocycles. The van der Waals surface area contributed by atoms with E-state index in [0.717, 1.165) is 12.2 Å². The van der Waals surface area contributed by atoms with Crippen LogP contribution in [-0.4, -0.2) is 17.8 Å². The number of aliphatic hydroxyl groups is 1. The van der Waals surface area contributed by atoms with Crippen molar-refractivity contribution in [3.05, 3.63) is 29.8 Å². The van der Waals surface area contributed by atoms with Gasteiger partial charge in [-0.1, -0.05) is 57.7 Å². The van der Waals surface area contributed by atoms with E-state index < -0.39 is 0 Å². The van der Waals surface area contributed by atoms with Crippen molar-refractivity contribution < 1.29 is 9.84 Å². The summed E-state index contributed by atoms with van der Waals surface area (Å²) >= 11 is 0. The van der Waals surface area contributed by atoms with Gasteiger partial charge < -0.3 is 9.84 Å². The molecule has 0 radical (unpaired) electrons. The molecule has 0 saturated heterocycles. The van der Waals surface area contributed by atoms with Gasteiger partial charge in [0.15, 0.2) is 0 Å². The van der Waals surface area contributed by atoms with Crippen LogP contribution in [0.1, 0.15) is 57.4 Å². The van der Waals surface area contributed by atoms with Gasteiger partial charge in [-0.05, 0) is 29.9 Å². The minimum Gasteiger partial charge on any atom is -0.491 e. The maximum Gasteiger partial charge on any atom is 0.122 e. The Morgan fingerprint density at radius 1 is 1.21 bits per heavy atom. The van der Waals surface area contributed by atoms with Crippen LogP contribution >= 0.6 is 0 Å². The standard InChI is InChI=1S/C17H26O2/c1-13(2)16-9-5-6-10-17(16)19-12-15(18)11-14-7-3-4-8-14/h5-6,9-10,13-15,18H,3-4,7-8,11-12H2,1-2H3. The van der Waals surface area contributed by atoms with Crippen LogP contribution in [0.15, 0.2) is 24.3 Å². The van der Waals surface area contributed by atoms with Gasteiger partial charge in [0.05, 0.1) is 6.10 Å². The molecule has 1 aliphatic rings. The van der Waals surface area contributed by atoms with Gasteiger partial charge in [-0.25, -0.2) is 0 Å². The fraction of sp³-hybridized carbons (Fsp3) is 0.647. The lowest BCUT2D eigenvalue weighted by Gasteiger charge is -2.18. The molecule has 1 fully saturated rings. The van der Waals surface area contributed by atoms with E-state index in [0.29, 0.717) is 18.4 Å². The van der Waals surface area contributed by atoms with Gasteiger partial charge in [0.1, 0.15) is 12.4 Å². The molecule has 1 N–H and O–H groups in total. The summed E-state index contributed by atoms with van der Waals surface area (Å²) in [6, 6.07) is 8.13. The maximum atomic E-state index is 10.1. The van der Waals surface area contributed by atoms with Gasteiger partial charge in [-0.15, -0.1) is 0 Å². The Hall–Kier alpha value is -1.02. The summed E-state index contributed by atoms with van der Waals surface area (Å²) in [5.74, 6) is 2.07. The number of para-hydroxylation sites is 1. The second kappa shape index (κ2) is 6.95. The highest BCUT2D eigenvalue weighted by Gasteiger charge is 2.19. The number of rotatable bonds is 6. The third kappa shape index (κ3) is 4.24. The van der Waals surface area contributed by atoms with E-state index in [1.54, 1.807) is 0 Å². The molecule has 1 aliphatic carbocycles. The van der Waals surface area contributed by atoms with Crippen LogP contribution in [0.25, 0.3) is 0 Å². The number of aliphatic hydroxyl groups excluding tert-OH is 1. The molecule has 1 aromatic rings. The normalized spacial score (nSPS) is 17.9. The molecule has 19 heavy (non-hydrogen) atoms. The molecule has 2 heteroatoms. The van der Waals surface area contributed by atoms with Gasteiger partial charge in [0.2, 0.25) is 0 Å². The lowest BCUT2D eigenvalue weighted by molar-refractivity contribution is 0.0850. The second-order valence-electron chi connectivity index (χ2n) is 6.04. The highest BCUT2D eigenvalue weighted by atomic mass is 16.5. The summed E-state index contributed by atoms with van der Waals surface area (Å²) in [5.41, 5.74) is 1.22. The topological polar surface area (TPSA) is 29.5 Å². The molecule has 106 valence electrons. The van der Waals surface area contributed by atoms with Crippen molar-refractivity contribution in [2.75, 3.05) is 6.61 Å². The van der Waals surface area contributed by atoms with Crippen molar-refractivity contribution in [1.82, 2.24) is 0 Å². The fourth-order valence-corrected chi connectivity index (χ4v) is 2.97. The first kappa shape index (κ1) is 14.4. The summed E-state index contributed by atoms with van der Waals surface area (Å²) in [5, 5.41) is 10.1. The van der Waals surface area contributed by atoms with E-state index in [1.165, 1.54) is 31.2 Å². The first-order valence-electron chi connectivity index (χ1n) is 7.56. The van der Waals surface area contributed by atoms with Crippen LogP contribution in [0.5, 0.6) is 5.75 Å². The van der Waals surface area contributed by atoms with Crippen LogP contribution in [-0.2, 0) is 0 Å². The van der Waals surface area contributed by atoms with E-state index >= 15 is 0 Å². The number of hydrogen-bond acceptors (Lipinski definition) is 2. The quantitative estimate of drug-likeness (QED) is 0.835. The first-order valence-corrected chi connectivity index (χ1v) is 7.56. The number of benzene rings is 1. The smallest absolute Gasteiger partial charge is 0.122 e. The lowest BCUT2D eigenvalue weighted by Crippen LogP contribution is -2.20. The van der Waals surface area contributed by atoms with E-state index in [4.69, 9.17) is 4.74 Å². The van der Waals surface area contributed by atoms with E-state index in [-0.39, 0.29) is 6.10 Å². The SMILES string of the molecule is CC(C)c1ccccc1OCC(O)CC1CCCC1. The third-order valence-electron chi connectivity index (χ3n) is 4.05. The van der Waals surface area contributed by atoms with Crippen molar-refractivity contribution >= 4 is 0 Å². The molecule has 0 bridgehead atoms. The molecule has 0 amide bonds.